The van der Waals surface area contributed by atoms with Gasteiger partial charge in [-0.15, -0.1) is 0 Å². The summed E-state index contributed by atoms with van der Waals surface area (Å²) in [6.07, 6.45) is 0. The number of anilines is 3. The van der Waals surface area contributed by atoms with Crippen LogP contribution in [0.4, 0.5) is 17.1 Å². The van der Waals surface area contributed by atoms with Gasteiger partial charge in [-0.25, -0.2) is 0 Å². The van der Waals surface area contributed by atoms with E-state index in [2.05, 4.69) is 201 Å². The molecule has 0 unspecified atom stereocenters. The van der Waals surface area contributed by atoms with Gasteiger partial charge < -0.3 is 13.9 Å². The minimum atomic E-state index is 0.399. The van der Waals surface area contributed by atoms with Gasteiger partial charge in [0.1, 0.15) is 5.58 Å². The Hall–Kier alpha value is -7.10. The van der Waals surface area contributed by atoms with E-state index in [-0.39, 0.29) is 0 Å². The Kier molecular flexibility index (Phi) is 6.96. The number of nitrogens with zero attached hydrogens (tertiary/aromatic N) is 2. The van der Waals surface area contributed by atoms with Crippen molar-refractivity contribution in [3.05, 3.63) is 180 Å². The second-order valence-electron chi connectivity index (χ2n) is 16.5. The Morgan fingerprint density at radius 2 is 1.07 bits per heavy atom. The number of furan rings is 1. The molecule has 11 aromatic rings. The molecule has 58 heavy (non-hydrogen) atoms. The number of aryl methyl sites for hydroxylation is 2. The number of benzene rings is 9. The molecule has 0 spiro atoms. The predicted octanol–water partition coefficient (Wildman–Crippen LogP) is 15.8. The summed E-state index contributed by atoms with van der Waals surface area (Å²) in [6, 6.07) is 60.6. The summed E-state index contributed by atoms with van der Waals surface area (Å²) in [4.78, 5) is 2.44. The molecule has 1 aliphatic carbocycles. The highest BCUT2D eigenvalue weighted by Crippen LogP contribution is 2.52. The zero-order valence-electron chi connectivity index (χ0n) is 33.0. The zero-order chi connectivity index (χ0) is 38.8. The highest BCUT2D eigenvalue weighted by molar-refractivity contribution is 6.14. The van der Waals surface area contributed by atoms with Gasteiger partial charge in [0.05, 0.1) is 16.7 Å². The Morgan fingerprint density at radius 1 is 0.483 bits per heavy atom. The summed E-state index contributed by atoms with van der Waals surface area (Å²) in [5.74, 6) is 0.399. The molecule has 0 saturated carbocycles. The van der Waals surface area contributed by atoms with Crippen molar-refractivity contribution in [2.24, 2.45) is 0 Å². The van der Waals surface area contributed by atoms with Crippen LogP contribution in [-0.4, -0.2) is 4.57 Å². The fraction of sp³-hybridized carbons (Fsp3) is 0.0909. The van der Waals surface area contributed by atoms with E-state index >= 15 is 0 Å². The van der Waals surface area contributed by atoms with E-state index in [4.69, 9.17) is 4.42 Å². The van der Waals surface area contributed by atoms with Crippen LogP contribution in [0.5, 0.6) is 0 Å². The molecule has 0 radical (unpaired) electrons. The fourth-order valence-electron chi connectivity index (χ4n) is 9.64. The van der Waals surface area contributed by atoms with Crippen molar-refractivity contribution in [1.29, 1.82) is 0 Å². The number of hydrogen-bond acceptors (Lipinski definition) is 2. The van der Waals surface area contributed by atoms with Crippen LogP contribution in [0, 0.1) is 13.8 Å². The van der Waals surface area contributed by atoms with E-state index in [9.17, 15) is 0 Å². The van der Waals surface area contributed by atoms with Crippen molar-refractivity contribution >= 4 is 82.4 Å². The second-order valence-corrected chi connectivity index (χ2v) is 16.5. The molecule has 0 bridgehead atoms. The molecule has 0 amide bonds. The Balaban J connectivity index is 1.000. The van der Waals surface area contributed by atoms with Gasteiger partial charge in [0, 0.05) is 38.6 Å². The van der Waals surface area contributed by atoms with Crippen LogP contribution in [-0.2, 0) is 0 Å². The van der Waals surface area contributed by atoms with Crippen LogP contribution >= 0.6 is 0 Å². The molecule has 0 aliphatic heterocycles. The SMILES string of the molecule is Cc1ccc(C(C)C)cc1N(c1ccc2cc3c(cc2c1)-c1cc2ccc(-n4c5ccccc5c5ccccc54)cc2cc1-3)c1c(C)ccc2c1oc1ccccc12. The molecule has 2 heterocycles. The Morgan fingerprint density at radius 3 is 1.76 bits per heavy atom. The van der Waals surface area contributed by atoms with Crippen molar-refractivity contribution in [3.8, 4) is 27.9 Å². The number of aromatic nitrogens is 1. The molecule has 0 fully saturated rings. The Bertz CT molecular complexity index is 3470. The lowest BCUT2D eigenvalue weighted by atomic mass is 9.78. The lowest BCUT2D eigenvalue weighted by molar-refractivity contribution is 0.668. The topological polar surface area (TPSA) is 21.3 Å². The van der Waals surface area contributed by atoms with Crippen LogP contribution < -0.4 is 4.90 Å². The van der Waals surface area contributed by atoms with Crippen molar-refractivity contribution < 1.29 is 4.42 Å². The lowest BCUT2D eigenvalue weighted by Gasteiger charge is -2.30. The first-order chi connectivity index (χ1) is 28.4. The number of para-hydroxylation sites is 3. The highest BCUT2D eigenvalue weighted by atomic mass is 16.3. The quantitative estimate of drug-likeness (QED) is 0.175. The van der Waals surface area contributed by atoms with Gasteiger partial charge in [-0.1, -0.05) is 105 Å². The van der Waals surface area contributed by atoms with Gasteiger partial charge in [-0.2, -0.15) is 0 Å². The fourth-order valence-corrected chi connectivity index (χ4v) is 9.64. The van der Waals surface area contributed by atoms with Crippen molar-refractivity contribution in [2.45, 2.75) is 33.6 Å². The largest absolute Gasteiger partial charge is 0.454 e. The van der Waals surface area contributed by atoms with Gasteiger partial charge in [-0.3, -0.25) is 0 Å². The molecular weight excluding hydrogens is 705 g/mol. The van der Waals surface area contributed by atoms with Crippen molar-refractivity contribution in [2.75, 3.05) is 4.90 Å². The highest BCUT2D eigenvalue weighted by Gasteiger charge is 2.27. The zero-order valence-corrected chi connectivity index (χ0v) is 33.0. The van der Waals surface area contributed by atoms with Gasteiger partial charge >= 0.3 is 0 Å². The Labute approximate surface area is 337 Å². The van der Waals surface area contributed by atoms with Crippen LogP contribution in [0.15, 0.2) is 168 Å². The maximum atomic E-state index is 6.73. The minimum absolute atomic E-state index is 0.399. The standard InChI is InChI=1S/C55H40N2O/c1-32(2)35-19-17-33(3)52(31-35)57(54-34(4)18-24-45-44-13-7-10-16-53(44)58-55(45)54)41-23-21-37-28-47-48-29-38-25-40(22-20-36(38)27-46(48)49(47)30-39(37)26-41)56-50-14-8-5-11-42(50)43-12-6-9-15-51(43)56/h5-32H,1-4H3. The molecule has 0 N–H and O–H groups in total. The van der Waals surface area contributed by atoms with Crippen molar-refractivity contribution in [3.63, 3.8) is 0 Å². The molecule has 3 heteroatoms. The third-order valence-corrected chi connectivity index (χ3v) is 12.7. The summed E-state index contributed by atoms with van der Waals surface area (Å²) in [6.45, 7) is 8.96. The number of hydrogen-bond donors (Lipinski definition) is 0. The first-order valence-corrected chi connectivity index (χ1v) is 20.4. The van der Waals surface area contributed by atoms with E-state index in [0.717, 1.165) is 33.3 Å². The molecule has 3 nitrogen and oxygen atoms in total. The summed E-state index contributed by atoms with van der Waals surface area (Å²) >= 11 is 0. The first kappa shape index (κ1) is 33.1. The maximum Gasteiger partial charge on any atom is 0.159 e. The summed E-state index contributed by atoms with van der Waals surface area (Å²) < 4.78 is 9.14. The van der Waals surface area contributed by atoms with Gasteiger partial charge in [0.15, 0.2) is 5.58 Å². The van der Waals surface area contributed by atoms with E-state index in [1.165, 1.54) is 93.7 Å². The van der Waals surface area contributed by atoms with Gasteiger partial charge in [-0.05, 0) is 153 Å². The molecule has 0 atom stereocenters. The summed E-state index contributed by atoms with van der Waals surface area (Å²) in [5.41, 5.74) is 17.8. The van der Waals surface area contributed by atoms with Crippen LogP contribution in [0.3, 0.4) is 0 Å². The van der Waals surface area contributed by atoms with E-state index in [0.29, 0.717) is 5.92 Å². The molecule has 9 aromatic carbocycles. The van der Waals surface area contributed by atoms with Gasteiger partial charge in [0.2, 0.25) is 0 Å². The third-order valence-electron chi connectivity index (χ3n) is 12.7. The summed E-state index contributed by atoms with van der Waals surface area (Å²) in [7, 11) is 0. The third kappa shape index (κ3) is 4.74. The first-order valence-electron chi connectivity index (χ1n) is 20.4. The van der Waals surface area contributed by atoms with Crippen LogP contribution in [0.1, 0.15) is 36.5 Å². The normalized spacial score (nSPS) is 12.3. The summed E-state index contributed by atoms with van der Waals surface area (Å²) in [5, 5.41) is 9.80. The van der Waals surface area contributed by atoms with Crippen molar-refractivity contribution in [1.82, 2.24) is 4.57 Å². The molecule has 2 aromatic heterocycles. The molecule has 12 rings (SSSR count). The average molecular weight is 745 g/mol. The number of rotatable bonds is 5. The molecular formula is C55H40N2O. The monoisotopic (exact) mass is 744 g/mol. The number of fused-ring (bicyclic) bond motifs is 12. The van der Waals surface area contributed by atoms with E-state index < -0.39 is 0 Å². The maximum absolute atomic E-state index is 6.73. The molecule has 1 aliphatic rings. The smallest absolute Gasteiger partial charge is 0.159 e. The van der Waals surface area contributed by atoms with Crippen LogP contribution in [0.25, 0.3) is 93.2 Å². The van der Waals surface area contributed by atoms with Gasteiger partial charge in [0.25, 0.3) is 0 Å². The van der Waals surface area contributed by atoms with E-state index in [1.54, 1.807) is 0 Å². The second kappa shape index (κ2) is 12.2. The van der Waals surface area contributed by atoms with Crippen LogP contribution in [0.2, 0.25) is 0 Å². The minimum Gasteiger partial charge on any atom is -0.454 e. The molecule has 276 valence electrons. The predicted molar refractivity (Wildman–Crippen MR) is 246 cm³/mol. The molecule has 0 saturated heterocycles. The lowest BCUT2D eigenvalue weighted by Crippen LogP contribution is -2.13. The average Bonchev–Trinajstić information content (AvgIpc) is 3.79. The van der Waals surface area contributed by atoms with E-state index in [1.807, 2.05) is 0 Å².